The van der Waals surface area contributed by atoms with Gasteiger partial charge in [0.1, 0.15) is 6.61 Å². The first kappa shape index (κ1) is 29.5. The van der Waals surface area contributed by atoms with Crippen molar-refractivity contribution in [3.8, 4) is 11.1 Å². The van der Waals surface area contributed by atoms with Crippen LogP contribution in [0.4, 0.5) is 13.2 Å². The molecule has 0 bridgehead atoms. The molecule has 2 aromatic carbocycles. The highest BCUT2D eigenvalue weighted by molar-refractivity contribution is 7.19. The molecule has 8 heteroatoms. The van der Waals surface area contributed by atoms with E-state index in [9.17, 15) is 18.0 Å². The highest BCUT2D eigenvalue weighted by atomic mass is 32.1. The van der Waals surface area contributed by atoms with Crippen LogP contribution < -0.4 is 5.32 Å². The van der Waals surface area contributed by atoms with Gasteiger partial charge in [-0.3, -0.25) is 4.79 Å². The number of amides is 1. The average Bonchev–Trinajstić information content (AvgIpc) is 3.32. The average molecular weight is 546 g/mol. The Balaban J connectivity index is 0.00000195. The lowest BCUT2D eigenvalue weighted by Gasteiger charge is -2.19. The van der Waals surface area contributed by atoms with Crippen LogP contribution in [0.1, 0.15) is 48.3 Å². The molecule has 1 aromatic heterocycles. The smallest absolute Gasteiger partial charge is 0.395 e. The summed E-state index contributed by atoms with van der Waals surface area (Å²) >= 11 is 1.54. The second kappa shape index (κ2) is 14.2. The minimum Gasteiger partial charge on any atom is -0.492 e. The third-order valence-corrected chi connectivity index (χ3v) is 7.12. The molecule has 4 nitrogen and oxygen atoms in total. The molecule has 204 valence electrons. The number of alkyl halides is 3. The topological polar surface area (TPSA) is 47.6 Å². The van der Waals surface area contributed by atoms with Crippen molar-refractivity contribution >= 4 is 27.3 Å². The summed E-state index contributed by atoms with van der Waals surface area (Å²) in [6, 6.07) is 15.4. The largest absolute Gasteiger partial charge is 0.492 e. The van der Waals surface area contributed by atoms with Crippen molar-refractivity contribution in [3.05, 3.63) is 83.0 Å². The Hall–Kier alpha value is -3.10. The molecule has 0 saturated heterocycles. The first-order valence-corrected chi connectivity index (χ1v) is 13.6. The van der Waals surface area contributed by atoms with Gasteiger partial charge in [0.2, 0.25) is 0 Å². The third kappa shape index (κ3) is 7.95. The Morgan fingerprint density at radius 1 is 1.11 bits per heavy atom. The van der Waals surface area contributed by atoms with E-state index in [1.165, 1.54) is 6.08 Å². The molecular formula is C30H34F3NO3S. The molecule has 0 aliphatic heterocycles. The Morgan fingerprint density at radius 2 is 1.89 bits per heavy atom. The predicted octanol–water partition coefficient (Wildman–Crippen LogP) is 8.29. The van der Waals surface area contributed by atoms with Gasteiger partial charge in [-0.25, -0.2) is 0 Å². The van der Waals surface area contributed by atoms with Gasteiger partial charge in [0.05, 0.1) is 18.3 Å². The summed E-state index contributed by atoms with van der Waals surface area (Å²) in [6.45, 7) is 5.07. The number of methoxy groups -OCH3 is 1. The molecule has 0 fully saturated rings. The van der Waals surface area contributed by atoms with E-state index in [1.807, 2.05) is 62.4 Å². The normalized spacial score (nSPS) is 17.8. The minimum atomic E-state index is -4.28. The van der Waals surface area contributed by atoms with Crippen LogP contribution in [-0.2, 0) is 16.1 Å². The van der Waals surface area contributed by atoms with E-state index in [4.69, 9.17) is 9.47 Å². The minimum absolute atomic E-state index is 0.0303. The second-order valence-corrected chi connectivity index (χ2v) is 9.73. The SMILES string of the molecule is CC.COCCNC(=O)c1cccc(-c2cccc3cc(CO/C4=C/C(C(F)(F)F)CC/C=C\C4)sc23)c1. The van der Waals surface area contributed by atoms with Gasteiger partial charge in [-0.15, -0.1) is 11.3 Å². The summed E-state index contributed by atoms with van der Waals surface area (Å²) in [6.07, 6.45) is 1.38. The Labute approximate surface area is 226 Å². The number of ether oxygens (including phenoxy) is 2. The summed E-state index contributed by atoms with van der Waals surface area (Å²) in [5.74, 6) is -1.32. The van der Waals surface area contributed by atoms with Crippen molar-refractivity contribution in [1.29, 1.82) is 0 Å². The van der Waals surface area contributed by atoms with Crippen LogP contribution in [0, 0.1) is 5.92 Å². The number of thiophene rings is 1. The predicted molar refractivity (Wildman–Crippen MR) is 148 cm³/mol. The van der Waals surface area contributed by atoms with Gasteiger partial charge in [-0.1, -0.05) is 56.3 Å². The van der Waals surface area contributed by atoms with Gasteiger partial charge in [-0.05, 0) is 53.6 Å². The van der Waals surface area contributed by atoms with Crippen LogP contribution >= 0.6 is 11.3 Å². The van der Waals surface area contributed by atoms with E-state index in [0.717, 1.165) is 26.1 Å². The third-order valence-electron chi connectivity index (χ3n) is 5.96. The van der Waals surface area contributed by atoms with E-state index in [-0.39, 0.29) is 18.9 Å². The first-order valence-electron chi connectivity index (χ1n) is 12.8. The Kier molecular flexibility index (Phi) is 11.0. The van der Waals surface area contributed by atoms with Gasteiger partial charge in [0, 0.05) is 35.2 Å². The van der Waals surface area contributed by atoms with E-state index in [0.29, 0.717) is 37.3 Å². The number of rotatable bonds is 8. The standard InChI is InChI=1S/C28H28F3NO3S.C2H6/c1-34-14-13-32-27(33)21-9-5-7-19(15-21)25-12-6-8-20-16-24(36-26(20)25)18-35-23-11-4-2-3-10-22(17-23)28(29,30)31;1-2/h2,4-9,12,15-17,22H,3,10-11,13-14,18H2,1H3,(H,32,33);1-2H3/b4-2-,23-17+;. The molecule has 1 amide bonds. The molecule has 0 spiro atoms. The summed E-state index contributed by atoms with van der Waals surface area (Å²) in [5.41, 5.74) is 2.46. The summed E-state index contributed by atoms with van der Waals surface area (Å²) < 4.78 is 51.9. The highest BCUT2D eigenvalue weighted by Gasteiger charge is 2.38. The van der Waals surface area contributed by atoms with E-state index in [1.54, 1.807) is 30.6 Å². The van der Waals surface area contributed by atoms with Crippen molar-refractivity contribution in [3.63, 3.8) is 0 Å². The van der Waals surface area contributed by atoms with Crippen molar-refractivity contribution in [2.45, 2.75) is 45.9 Å². The number of halogens is 3. The maximum Gasteiger partial charge on any atom is 0.395 e. The molecule has 1 aliphatic rings. The summed E-state index contributed by atoms with van der Waals surface area (Å²) in [5, 5.41) is 3.85. The molecule has 3 aromatic rings. The molecule has 0 radical (unpaired) electrons. The van der Waals surface area contributed by atoms with Crippen molar-refractivity contribution < 1.29 is 27.4 Å². The summed E-state index contributed by atoms with van der Waals surface area (Å²) in [4.78, 5) is 13.4. The Bertz CT molecular complexity index is 1260. The van der Waals surface area contributed by atoms with Gasteiger partial charge >= 0.3 is 6.18 Å². The van der Waals surface area contributed by atoms with Gasteiger partial charge in [0.15, 0.2) is 0 Å². The number of carbonyl (C=O) groups is 1. The lowest BCUT2D eigenvalue weighted by Crippen LogP contribution is -2.26. The molecule has 1 atom stereocenters. The monoisotopic (exact) mass is 545 g/mol. The van der Waals surface area contributed by atoms with Crippen molar-refractivity contribution in [2.75, 3.05) is 20.3 Å². The van der Waals surface area contributed by atoms with Crippen LogP contribution in [-0.4, -0.2) is 32.3 Å². The fourth-order valence-corrected chi connectivity index (χ4v) is 5.22. The van der Waals surface area contributed by atoms with Crippen LogP contribution in [0.25, 0.3) is 21.2 Å². The Morgan fingerprint density at radius 3 is 2.66 bits per heavy atom. The molecule has 1 aliphatic carbocycles. The summed E-state index contributed by atoms with van der Waals surface area (Å²) in [7, 11) is 1.58. The number of carbonyl (C=O) groups excluding carboxylic acids is 1. The molecule has 38 heavy (non-hydrogen) atoms. The van der Waals surface area contributed by atoms with Crippen molar-refractivity contribution in [1.82, 2.24) is 5.32 Å². The fraction of sp³-hybridized carbons (Fsp3) is 0.367. The van der Waals surface area contributed by atoms with E-state index >= 15 is 0 Å². The lowest BCUT2D eigenvalue weighted by atomic mass is 9.98. The van der Waals surface area contributed by atoms with Crippen LogP contribution in [0.15, 0.2) is 72.5 Å². The molecule has 1 heterocycles. The molecular weight excluding hydrogens is 511 g/mol. The zero-order chi connectivity index (χ0) is 27.5. The van der Waals surface area contributed by atoms with Crippen LogP contribution in [0.2, 0.25) is 0 Å². The zero-order valence-electron chi connectivity index (χ0n) is 21.9. The number of benzene rings is 2. The first-order chi connectivity index (χ1) is 18.3. The highest BCUT2D eigenvalue weighted by Crippen LogP contribution is 2.37. The molecule has 1 unspecified atom stereocenters. The maximum atomic E-state index is 13.3. The van der Waals surface area contributed by atoms with Crippen molar-refractivity contribution in [2.24, 2.45) is 5.92 Å². The van der Waals surface area contributed by atoms with E-state index < -0.39 is 12.1 Å². The van der Waals surface area contributed by atoms with Crippen LogP contribution in [0.3, 0.4) is 0 Å². The second-order valence-electron chi connectivity index (χ2n) is 8.59. The number of fused-ring (bicyclic) bond motifs is 1. The number of hydrogen-bond acceptors (Lipinski definition) is 4. The fourth-order valence-electron chi connectivity index (χ4n) is 4.11. The number of allylic oxidation sites excluding steroid dienone is 3. The quantitative estimate of drug-likeness (QED) is 0.229. The molecule has 0 saturated carbocycles. The molecule has 4 rings (SSSR count). The molecule has 1 N–H and O–H groups in total. The van der Waals surface area contributed by atoms with Crippen LogP contribution in [0.5, 0.6) is 0 Å². The van der Waals surface area contributed by atoms with E-state index in [2.05, 4.69) is 5.32 Å². The maximum absolute atomic E-state index is 13.3. The van der Waals surface area contributed by atoms with Gasteiger partial charge in [-0.2, -0.15) is 13.2 Å². The van der Waals surface area contributed by atoms with Gasteiger partial charge in [0.25, 0.3) is 5.91 Å². The van der Waals surface area contributed by atoms with Gasteiger partial charge < -0.3 is 14.8 Å². The zero-order valence-corrected chi connectivity index (χ0v) is 22.8. The number of nitrogens with one attached hydrogen (secondary N) is 1. The lowest BCUT2D eigenvalue weighted by molar-refractivity contribution is -0.163. The number of hydrogen-bond donors (Lipinski definition) is 1.